The molecule has 0 aromatic heterocycles. The quantitative estimate of drug-likeness (QED) is 0.537. The fourth-order valence-corrected chi connectivity index (χ4v) is 5.20. The van der Waals surface area contributed by atoms with Crippen LogP contribution in [-0.2, 0) is 19.0 Å². The first-order chi connectivity index (χ1) is 11.7. The zero-order chi connectivity index (χ0) is 18.0. The van der Waals surface area contributed by atoms with Crippen LogP contribution in [0.1, 0.15) is 65.7 Å². The highest BCUT2D eigenvalue weighted by atomic mass is 16.6. The summed E-state index contributed by atoms with van der Waals surface area (Å²) in [7, 11) is 0. The highest BCUT2D eigenvalue weighted by Gasteiger charge is 2.56. The summed E-state index contributed by atoms with van der Waals surface area (Å²) in [5, 5.41) is 10.9. The number of carbonyl (C=O) groups is 1. The van der Waals surface area contributed by atoms with E-state index in [0.29, 0.717) is 12.0 Å². The molecule has 6 bridgehead atoms. The molecule has 0 unspecified atom stereocenters. The summed E-state index contributed by atoms with van der Waals surface area (Å²) in [5.74, 6) is -0.416. The molecule has 0 saturated carbocycles. The minimum atomic E-state index is -0.640. The SMILES string of the molecule is C=C1C(=O)O[C@@]2(C)CC[C@H]1C[C@@H](O)[C@]1(C)CC[C@@H](O1)[C@]1(C)CC[C@H]2O1. The highest BCUT2D eigenvalue weighted by Crippen LogP contribution is 2.50. The van der Waals surface area contributed by atoms with Gasteiger partial charge in [-0.15, -0.1) is 0 Å². The largest absolute Gasteiger partial charge is 0.453 e. The van der Waals surface area contributed by atoms with Crippen molar-refractivity contribution in [1.29, 1.82) is 0 Å². The first-order valence-electron chi connectivity index (χ1n) is 9.61. The smallest absolute Gasteiger partial charge is 0.334 e. The van der Waals surface area contributed by atoms with Crippen LogP contribution in [0.5, 0.6) is 0 Å². The van der Waals surface area contributed by atoms with E-state index in [0.717, 1.165) is 38.5 Å². The van der Waals surface area contributed by atoms with E-state index >= 15 is 0 Å². The molecule has 4 aliphatic heterocycles. The zero-order valence-electron chi connectivity index (χ0n) is 15.5. The molecule has 4 aliphatic rings. The summed E-state index contributed by atoms with van der Waals surface area (Å²) >= 11 is 0. The number of rotatable bonds is 0. The lowest BCUT2D eigenvalue weighted by Gasteiger charge is -2.39. The van der Waals surface area contributed by atoms with Crippen LogP contribution in [0, 0.1) is 5.92 Å². The van der Waals surface area contributed by atoms with Crippen molar-refractivity contribution < 1.29 is 24.1 Å². The van der Waals surface area contributed by atoms with Crippen LogP contribution < -0.4 is 0 Å². The monoisotopic (exact) mass is 350 g/mol. The van der Waals surface area contributed by atoms with Crippen LogP contribution in [-0.4, -0.2) is 46.2 Å². The number of fused-ring (bicyclic) bond motifs is 9. The Kier molecular flexibility index (Phi) is 3.88. The standard InChI is InChI=1S/C20H30O5/c1-12-13-5-8-20(4,25-17(12)22)16-7-10-19(3,24-16)15-6-9-18(2,23-15)14(21)11-13/h13-16,21H,1,5-11H2,2-4H3/t13-,14+,15+,16+,18-,19-,20-/m0/s1. The van der Waals surface area contributed by atoms with Crippen molar-refractivity contribution in [2.24, 2.45) is 5.92 Å². The van der Waals surface area contributed by atoms with Crippen molar-refractivity contribution in [1.82, 2.24) is 0 Å². The van der Waals surface area contributed by atoms with Gasteiger partial charge in [0.25, 0.3) is 0 Å². The molecule has 0 aromatic carbocycles. The van der Waals surface area contributed by atoms with Gasteiger partial charge in [0, 0.05) is 5.57 Å². The molecule has 0 aromatic rings. The minimum Gasteiger partial charge on any atom is -0.453 e. The van der Waals surface area contributed by atoms with Gasteiger partial charge in [-0.05, 0) is 71.6 Å². The molecule has 25 heavy (non-hydrogen) atoms. The number of aliphatic hydroxyl groups is 1. The van der Waals surface area contributed by atoms with Crippen molar-refractivity contribution in [2.45, 2.75) is 101 Å². The van der Waals surface area contributed by atoms with Gasteiger partial charge in [0.2, 0.25) is 0 Å². The predicted octanol–water partition coefficient (Wildman–Crippen LogP) is 2.89. The van der Waals surface area contributed by atoms with E-state index in [1.54, 1.807) is 0 Å². The molecule has 140 valence electrons. The molecule has 0 radical (unpaired) electrons. The Balaban J connectivity index is 1.74. The molecular weight excluding hydrogens is 320 g/mol. The van der Waals surface area contributed by atoms with Gasteiger partial charge >= 0.3 is 5.97 Å². The molecule has 5 nitrogen and oxygen atoms in total. The van der Waals surface area contributed by atoms with E-state index in [2.05, 4.69) is 13.5 Å². The van der Waals surface area contributed by atoms with E-state index < -0.39 is 17.3 Å². The second-order valence-corrected chi connectivity index (χ2v) is 9.13. The van der Waals surface area contributed by atoms with Crippen LogP contribution in [0.2, 0.25) is 0 Å². The molecule has 0 aliphatic carbocycles. The third kappa shape index (κ3) is 2.66. The van der Waals surface area contributed by atoms with Crippen LogP contribution >= 0.6 is 0 Å². The zero-order valence-corrected chi connectivity index (χ0v) is 15.5. The van der Waals surface area contributed by atoms with Crippen LogP contribution in [0.4, 0.5) is 0 Å². The Morgan fingerprint density at radius 1 is 0.960 bits per heavy atom. The third-order valence-corrected chi connectivity index (χ3v) is 7.27. The summed E-state index contributed by atoms with van der Waals surface area (Å²) in [6, 6.07) is 0. The maximum Gasteiger partial charge on any atom is 0.334 e. The molecule has 0 spiro atoms. The van der Waals surface area contributed by atoms with E-state index in [-0.39, 0.29) is 29.7 Å². The average Bonchev–Trinajstić information content (AvgIpc) is 3.13. The summed E-state index contributed by atoms with van der Waals surface area (Å²) in [4.78, 5) is 12.6. The van der Waals surface area contributed by atoms with Crippen molar-refractivity contribution in [3.8, 4) is 0 Å². The normalized spacial score (nSPS) is 53.1. The summed E-state index contributed by atoms with van der Waals surface area (Å²) in [5.41, 5.74) is -1.15. The molecule has 0 amide bonds. The van der Waals surface area contributed by atoms with Gasteiger partial charge in [-0.3, -0.25) is 0 Å². The second kappa shape index (κ2) is 5.54. The van der Waals surface area contributed by atoms with Gasteiger partial charge in [0.15, 0.2) is 0 Å². The van der Waals surface area contributed by atoms with Crippen molar-refractivity contribution in [2.75, 3.05) is 0 Å². The number of ether oxygens (including phenoxy) is 3. The fourth-order valence-electron chi connectivity index (χ4n) is 5.20. The topological polar surface area (TPSA) is 65.0 Å². The molecule has 4 heterocycles. The van der Waals surface area contributed by atoms with Gasteiger partial charge in [0.05, 0.1) is 29.5 Å². The number of hydrogen-bond donors (Lipinski definition) is 1. The van der Waals surface area contributed by atoms with Crippen molar-refractivity contribution >= 4 is 5.97 Å². The van der Waals surface area contributed by atoms with Gasteiger partial charge in [-0.25, -0.2) is 4.79 Å². The van der Waals surface area contributed by atoms with Gasteiger partial charge in [-0.2, -0.15) is 0 Å². The lowest BCUT2D eigenvalue weighted by Crippen LogP contribution is -2.48. The van der Waals surface area contributed by atoms with Crippen LogP contribution in [0.25, 0.3) is 0 Å². The van der Waals surface area contributed by atoms with Gasteiger partial charge in [0.1, 0.15) is 5.60 Å². The maximum atomic E-state index is 12.6. The van der Waals surface area contributed by atoms with E-state index in [1.165, 1.54) is 0 Å². The van der Waals surface area contributed by atoms with Crippen molar-refractivity contribution in [3.05, 3.63) is 12.2 Å². The lowest BCUT2D eigenvalue weighted by molar-refractivity contribution is -0.203. The lowest BCUT2D eigenvalue weighted by atomic mass is 9.81. The maximum absolute atomic E-state index is 12.6. The van der Waals surface area contributed by atoms with Crippen LogP contribution in [0.15, 0.2) is 12.2 Å². The predicted molar refractivity (Wildman–Crippen MR) is 92.0 cm³/mol. The summed E-state index contributed by atoms with van der Waals surface area (Å²) < 4.78 is 18.8. The van der Waals surface area contributed by atoms with Crippen molar-refractivity contribution in [3.63, 3.8) is 0 Å². The third-order valence-electron chi connectivity index (χ3n) is 7.27. The molecule has 5 heteroatoms. The number of hydrogen-bond acceptors (Lipinski definition) is 5. The molecule has 4 fully saturated rings. The summed E-state index contributed by atoms with van der Waals surface area (Å²) in [6.45, 7) is 10.1. The Labute approximate surface area is 149 Å². The second-order valence-electron chi connectivity index (χ2n) is 9.13. The van der Waals surface area contributed by atoms with Gasteiger partial charge < -0.3 is 19.3 Å². The molecule has 4 saturated heterocycles. The fraction of sp³-hybridized carbons (Fsp3) is 0.850. The average molecular weight is 350 g/mol. The first kappa shape index (κ1) is 17.5. The molecular formula is C20H30O5. The molecule has 1 N–H and O–H groups in total. The Bertz CT molecular complexity index is 603. The Hall–Kier alpha value is -0.910. The minimum absolute atomic E-state index is 0.0288. The Morgan fingerprint density at radius 3 is 2.24 bits per heavy atom. The number of carbonyl (C=O) groups excluding carboxylic acids is 1. The van der Waals surface area contributed by atoms with E-state index in [1.807, 2.05) is 13.8 Å². The first-order valence-corrected chi connectivity index (χ1v) is 9.61. The van der Waals surface area contributed by atoms with E-state index in [9.17, 15) is 9.90 Å². The Morgan fingerprint density at radius 2 is 1.52 bits per heavy atom. The van der Waals surface area contributed by atoms with E-state index in [4.69, 9.17) is 14.2 Å². The van der Waals surface area contributed by atoms with Crippen LogP contribution in [0.3, 0.4) is 0 Å². The van der Waals surface area contributed by atoms with Gasteiger partial charge in [-0.1, -0.05) is 6.58 Å². The molecule has 4 rings (SSSR count). The number of aliphatic hydroxyl groups excluding tert-OH is 1. The number of esters is 1. The highest BCUT2D eigenvalue weighted by molar-refractivity contribution is 5.89. The molecule has 7 atom stereocenters. The summed E-state index contributed by atoms with van der Waals surface area (Å²) in [6.07, 6.45) is 4.66.